The van der Waals surface area contributed by atoms with Gasteiger partial charge in [0.25, 0.3) is 0 Å². The van der Waals surface area contributed by atoms with Gasteiger partial charge in [0.1, 0.15) is 0 Å². The number of sulfonamides is 1. The standard InChI is InChI=1S/C12H25N3O2S/c1-10(9-13-11-3-4-11)18(16,17)14-12-5-7-15(2)8-6-12/h10-14H,3-9H2,1-2H3. The fourth-order valence-corrected chi connectivity index (χ4v) is 3.45. The average molecular weight is 275 g/mol. The van der Waals surface area contributed by atoms with Gasteiger partial charge in [0, 0.05) is 18.6 Å². The largest absolute Gasteiger partial charge is 0.313 e. The van der Waals surface area contributed by atoms with Crippen LogP contribution in [0.3, 0.4) is 0 Å². The van der Waals surface area contributed by atoms with Crippen molar-refractivity contribution < 1.29 is 8.42 Å². The maximum absolute atomic E-state index is 12.1. The van der Waals surface area contributed by atoms with Gasteiger partial charge >= 0.3 is 0 Å². The highest BCUT2D eigenvalue weighted by atomic mass is 32.2. The molecule has 18 heavy (non-hydrogen) atoms. The molecule has 6 heteroatoms. The van der Waals surface area contributed by atoms with Crippen molar-refractivity contribution in [3.8, 4) is 0 Å². The Balaban J connectivity index is 1.77. The maximum Gasteiger partial charge on any atom is 0.215 e. The highest BCUT2D eigenvalue weighted by Crippen LogP contribution is 2.19. The molecule has 0 spiro atoms. The molecule has 0 aromatic rings. The Hall–Kier alpha value is -0.170. The molecule has 1 heterocycles. The lowest BCUT2D eigenvalue weighted by molar-refractivity contribution is 0.248. The molecule has 2 fully saturated rings. The van der Waals surface area contributed by atoms with Gasteiger partial charge < -0.3 is 10.2 Å². The van der Waals surface area contributed by atoms with Crippen LogP contribution in [0.2, 0.25) is 0 Å². The number of nitrogens with one attached hydrogen (secondary N) is 2. The van der Waals surface area contributed by atoms with Gasteiger partial charge in [-0.2, -0.15) is 0 Å². The van der Waals surface area contributed by atoms with Gasteiger partial charge in [0.2, 0.25) is 10.0 Å². The van der Waals surface area contributed by atoms with E-state index in [4.69, 9.17) is 0 Å². The van der Waals surface area contributed by atoms with Crippen LogP contribution >= 0.6 is 0 Å². The summed E-state index contributed by atoms with van der Waals surface area (Å²) in [5, 5.41) is 2.93. The first-order valence-corrected chi connectivity index (χ1v) is 8.45. The lowest BCUT2D eigenvalue weighted by atomic mass is 10.1. The van der Waals surface area contributed by atoms with Gasteiger partial charge in [0.05, 0.1) is 5.25 Å². The SMILES string of the molecule is CC(CNC1CC1)S(=O)(=O)NC1CCN(C)CC1. The fourth-order valence-electron chi connectivity index (χ4n) is 2.20. The molecule has 1 saturated carbocycles. The second-order valence-corrected chi connectivity index (χ2v) is 7.86. The van der Waals surface area contributed by atoms with Gasteiger partial charge in [-0.25, -0.2) is 13.1 Å². The zero-order valence-corrected chi connectivity index (χ0v) is 12.2. The van der Waals surface area contributed by atoms with Gasteiger partial charge in [0.15, 0.2) is 0 Å². The number of likely N-dealkylation sites (tertiary alicyclic amines) is 1. The Morgan fingerprint density at radius 1 is 1.17 bits per heavy atom. The molecule has 0 bridgehead atoms. The number of piperidine rings is 1. The summed E-state index contributed by atoms with van der Waals surface area (Å²) < 4.78 is 27.2. The van der Waals surface area contributed by atoms with E-state index >= 15 is 0 Å². The molecule has 2 rings (SSSR count). The van der Waals surface area contributed by atoms with E-state index in [1.54, 1.807) is 6.92 Å². The zero-order valence-electron chi connectivity index (χ0n) is 11.4. The van der Waals surface area contributed by atoms with Crippen molar-refractivity contribution in [1.29, 1.82) is 0 Å². The van der Waals surface area contributed by atoms with Gasteiger partial charge in [-0.15, -0.1) is 0 Å². The molecule has 1 saturated heterocycles. The second-order valence-electron chi connectivity index (χ2n) is 5.73. The molecule has 1 atom stereocenters. The average Bonchev–Trinajstić information content (AvgIpc) is 3.12. The predicted octanol–water partition coefficient (Wildman–Crippen LogP) is 0.141. The Labute approximate surface area is 110 Å². The molecule has 2 N–H and O–H groups in total. The molecule has 0 aromatic heterocycles. The third-order valence-electron chi connectivity index (χ3n) is 3.85. The molecule has 1 unspecified atom stereocenters. The van der Waals surface area contributed by atoms with Crippen LogP contribution in [0.15, 0.2) is 0 Å². The number of hydrogen-bond acceptors (Lipinski definition) is 4. The highest BCUT2D eigenvalue weighted by molar-refractivity contribution is 7.90. The van der Waals surface area contributed by atoms with Crippen LogP contribution in [0, 0.1) is 0 Å². The minimum absolute atomic E-state index is 0.120. The molecule has 1 aliphatic carbocycles. The van der Waals surface area contributed by atoms with E-state index in [0.29, 0.717) is 12.6 Å². The Bertz CT molecular complexity index is 360. The monoisotopic (exact) mass is 275 g/mol. The molecule has 0 amide bonds. The summed E-state index contributed by atoms with van der Waals surface area (Å²) in [6, 6.07) is 0.681. The third-order valence-corrected chi connectivity index (χ3v) is 5.74. The van der Waals surface area contributed by atoms with Crippen LogP contribution < -0.4 is 10.0 Å². The van der Waals surface area contributed by atoms with Crippen LogP contribution in [0.5, 0.6) is 0 Å². The van der Waals surface area contributed by atoms with Crippen molar-refractivity contribution in [2.45, 2.75) is 49.9 Å². The third kappa shape index (κ3) is 4.19. The molecule has 106 valence electrons. The van der Waals surface area contributed by atoms with E-state index in [0.717, 1.165) is 25.9 Å². The number of rotatable bonds is 6. The highest BCUT2D eigenvalue weighted by Gasteiger charge is 2.28. The molecule has 0 aromatic carbocycles. The van der Waals surface area contributed by atoms with Crippen molar-refractivity contribution >= 4 is 10.0 Å². The topological polar surface area (TPSA) is 61.4 Å². The summed E-state index contributed by atoms with van der Waals surface area (Å²) in [6.07, 6.45) is 4.21. The molecular formula is C12H25N3O2S. The van der Waals surface area contributed by atoms with Crippen molar-refractivity contribution in [1.82, 2.24) is 14.9 Å². The summed E-state index contributed by atoms with van der Waals surface area (Å²) in [5.41, 5.74) is 0. The quantitative estimate of drug-likeness (QED) is 0.724. The normalized spacial score (nSPS) is 25.2. The van der Waals surface area contributed by atoms with Gasteiger partial charge in [-0.05, 0) is 52.7 Å². The number of hydrogen-bond donors (Lipinski definition) is 2. The Kier molecular flexibility index (Phi) is 4.64. The van der Waals surface area contributed by atoms with Crippen molar-refractivity contribution in [3.05, 3.63) is 0 Å². The lowest BCUT2D eigenvalue weighted by Crippen LogP contribution is -2.47. The van der Waals surface area contributed by atoms with E-state index in [-0.39, 0.29) is 11.3 Å². The van der Waals surface area contributed by atoms with Gasteiger partial charge in [-0.3, -0.25) is 0 Å². The molecule has 1 aliphatic heterocycles. The molecule has 2 aliphatic rings. The molecule has 0 radical (unpaired) electrons. The summed E-state index contributed by atoms with van der Waals surface area (Å²) in [5.74, 6) is 0. The fraction of sp³-hybridized carbons (Fsp3) is 1.00. The van der Waals surface area contributed by atoms with Crippen LogP contribution in [0.25, 0.3) is 0 Å². The van der Waals surface area contributed by atoms with Crippen LogP contribution in [-0.4, -0.2) is 57.3 Å². The van der Waals surface area contributed by atoms with E-state index in [9.17, 15) is 8.42 Å². The summed E-state index contributed by atoms with van der Waals surface area (Å²) in [6.45, 7) is 4.29. The van der Waals surface area contributed by atoms with E-state index in [1.165, 1.54) is 12.8 Å². The van der Waals surface area contributed by atoms with E-state index in [1.807, 2.05) is 0 Å². The lowest BCUT2D eigenvalue weighted by Gasteiger charge is -2.30. The first-order valence-electron chi connectivity index (χ1n) is 6.90. The first-order chi connectivity index (χ1) is 8.47. The zero-order chi connectivity index (χ0) is 13.2. The number of nitrogens with zero attached hydrogens (tertiary/aromatic N) is 1. The summed E-state index contributed by atoms with van der Waals surface area (Å²) in [7, 11) is -1.10. The maximum atomic E-state index is 12.1. The Morgan fingerprint density at radius 3 is 2.33 bits per heavy atom. The van der Waals surface area contributed by atoms with E-state index in [2.05, 4.69) is 22.0 Å². The second kappa shape index (κ2) is 5.86. The van der Waals surface area contributed by atoms with Crippen LogP contribution in [0.1, 0.15) is 32.6 Å². The van der Waals surface area contributed by atoms with E-state index < -0.39 is 10.0 Å². The van der Waals surface area contributed by atoms with Crippen molar-refractivity contribution in [2.24, 2.45) is 0 Å². The van der Waals surface area contributed by atoms with Crippen LogP contribution in [0.4, 0.5) is 0 Å². The molecular weight excluding hydrogens is 250 g/mol. The predicted molar refractivity (Wildman–Crippen MR) is 73.1 cm³/mol. The summed E-state index contributed by atoms with van der Waals surface area (Å²) in [4.78, 5) is 2.24. The van der Waals surface area contributed by atoms with Crippen molar-refractivity contribution in [3.63, 3.8) is 0 Å². The van der Waals surface area contributed by atoms with Crippen LogP contribution in [-0.2, 0) is 10.0 Å². The smallest absolute Gasteiger partial charge is 0.215 e. The minimum Gasteiger partial charge on any atom is -0.313 e. The minimum atomic E-state index is -3.18. The molecule has 5 nitrogen and oxygen atoms in total. The summed E-state index contributed by atoms with van der Waals surface area (Å²) >= 11 is 0. The Morgan fingerprint density at radius 2 is 1.78 bits per heavy atom. The van der Waals surface area contributed by atoms with Crippen molar-refractivity contribution in [2.75, 3.05) is 26.7 Å². The van der Waals surface area contributed by atoms with Gasteiger partial charge in [-0.1, -0.05) is 0 Å². The first kappa shape index (κ1) is 14.2.